The van der Waals surface area contributed by atoms with E-state index in [0.29, 0.717) is 36.4 Å². The zero-order chi connectivity index (χ0) is 21.2. The minimum atomic E-state index is -0.337. The average molecular weight is 453 g/mol. The number of thiophene rings is 1. The first-order valence-electron chi connectivity index (χ1n) is 9.78. The molecule has 1 aromatic carbocycles. The van der Waals surface area contributed by atoms with Crippen LogP contribution in [0.25, 0.3) is 10.8 Å². The Morgan fingerprint density at radius 2 is 2.10 bits per heavy atom. The van der Waals surface area contributed by atoms with Gasteiger partial charge in [-0.3, -0.25) is 4.57 Å². The molecule has 9 heteroatoms. The van der Waals surface area contributed by atoms with Gasteiger partial charge in [0, 0.05) is 12.3 Å². The minimum Gasteiger partial charge on any atom is -0.485 e. The lowest BCUT2D eigenvalue weighted by Gasteiger charge is -2.26. The van der Waals surface area contributed by atoms with Crippen molar-refractivity contribution in [1.29, 1.82) is 0 Å². The molecule has 1 unspecified atom stereocenters. The van der Waals surface area contributed by atoms with Crippen molar-refractivity contribution >= 4 is 23.1 Å². The second-order valence-electron chi connectivity index (χ2n) is 6.89. The van der Waals surface area contributed by atoms with Gasteiger partial charge in [0.15, 0.2) is 28.6 Å². The van der Waals surface area contributed by atoms with Crippen LogP contribution in [0.15, 0.2) is 64.0 Å². The van der Waals surface area contributed by atoms with Gasteiger partial charge in [0.05, 0.1) is 10.6 Å². The van der Waals surface area contributed by atoms with E-state index in [-0.39, 0.29) is 6.10 Å². The van der Waals surface area contributed by atoms with Crippen molar-refractivity contribution in [2.24, 2.45) is 0 Å². The number of benzene rings is 1. The predicted octanol–water partition coefficient (Wildman–Crippen LogP) is 5.29. The third-order valence-electron chi connectivity index (χ3n) is 4.82. The smallest absolute Gasteiger partial charge is 0.236 e. The first kappa shape index (κ1) is 19.9. The van der Waals surface area contributed by atoms with Gasteiger partial charge in [-0.05, 0) is 30.5 Å². The molecule has 1 aliphatic rings. The van der Waals surface area contributed by atoms with Crippen LogP contribution >= 0.6 is 23.1 Å². The Hall–Kier alpha value is -3.04. The molecule has 4 aromatic rings. The molecule has 5 rings (SSSR count). The highest BCUT2D eigenvalue weighted by Gasteiger charge is 2.28. The van der Waals surface area contributed by atoms with Gasteiger partial charge < -0.3 is 13.9 Å². The Morgan fingerprint density at radius 3 is 2.90 bits per heavy atom. The second-order valence-corrected chi connectivity index (χ2v) is 8.78. The molecule has 0 spiro atoms. The molecule has 158 valence electrons. The highest BCUT2D eigenvalue weighted by Crippen LogP contribution is 2.36. The fraction of sp³-hybridized carbons (Fsp3) is 0.227. The molecular weight excluding hydrogens is 432 g/mol. The fourth-order valence-electron chi connectivity index (χ4n) is 3.29. The summed E-state index contributed by atoms with van der Waals surface area (Å²) < 4.78 is 19.8. The van der Waals surface area contributed by atoms with Crippen LogP contribution in [0.2, 0.25) is 0 Å². The number of aryl methyl sites for hydroxylation is 1. The first-order chi connectivity index (χ1) is 15.2. The number of thioether (sulfide) groups is 1. The highest BCUT2D eigenvalue weighted by atomic mass is 32.2. The molecule has 1 aliphatic heterocycles. The van der Waals surface area contributed by atoms with Crippen molar-refractivity contribution in [2.75, 3.05) is 6.61 Å². The largest absolute Gasteiger partial charge is 0.485 e. The van der Waals surface area contributed by atoms with Crippen molar-refractivity contribution < 1.29 is 13.9 Å². The van der Waals surface area contributed by atoms with Crippen LogP contribution in [0.1, 0.15) is 23.4 Å². The van der Waals surface area contributed by atoms with Crippen LogP contribution in [0, 0.1) is 6.92 Å². The average Bonchev–Trinajstić information content (AvgIpc) is 3.53. The van der Waals surface area contributed by atoms with Crippen molar-refractivity contribution in [2.45, 2.75) is 30.5 Å². The zero-order valence-corrected chi connectivity index (χ0v) is 18.5. The maximum atomic E-state index is 6.13. The maximum absolute atomic E-state index is 6.13. The zero-order valence-electron chi connectivity index (χ0n) is 16.9. The van der Waals surface area contributed by atoms with E-state index in [9.17, 15) is 0 Å². The fourth-order valence-corrected chi connectivity index (χ4v) is 4.90. The van der Waals surface area contributed by atoms with Gasteiger partial charge in [-0.1, -0.05) is 36.0 Å². The normalized spacial score (nSPS) is 15.2. The number of aromatic nitrogens is 4. The quantitative estimate of drug-likeness (QED) is 0.278. The van der Waals surface area contributed by atoms with Gasteiger partial charge in [-0.15, -0.1) is 28.1 Å². The van der Waals surface area contributed by atoms with E-state index in [1.54, 1.807) is 23.1 Å². The summed E-state index contributed by atoms with van der Waals surface area (Å²) in [6, 6.07) is 11.6. The van der Waals surface area contributed by atoms with Crippen molar-refractivity contribution in [3.63, 3.8) is 0 Å². The molecule has 31 heavy (non-hydrogen) atoms. The Bertz CT molecular complexity index is 1200. The Kier molecular flexibility index (Phi) is 5.52. The monoisotopic (exact) mass is 452 g/mol. The van der Waals surface area contributed by atoms with Gasteiger partial charge in [0.25, 0.3) is 0 Å². The molecule has 7 nitrogen and oxygen atoms in total. The van der Waals surface area contributed by atoms with Gasteiger partial charge in [0.1, 0.15) is 12.4 Å². The number of allylic oxidation sites excluding steroid dienone is 1. The number of hydrogen-bond acceptors (Lipinski definition) is 8. The SMILES string of the molecule is C=CCn1c(SCc2nc(-c3cccs3)oc2C)nnc1C1COc2ccccc2O1. The molecule has 0 aliphatic carbocycles. The first-order valence-corrected chi connectivity index (χ1v) is 11.6. The molecule has 0 fully saturated rings. The molecule has 3 aromatic heterocycles. The van der Waals surface area contributed by atoms with Gasteiger partial charge >= 0.3 is 0 Å². The summed E-state index contributed by atoms with van der Waals surface area (Å²) >= 11 is 3.17. The molecule has 0 N–H and O–H groups in total. The van der Waals surface area contributed by atoms with Crippen LogP contribution in [-0.2, 0) is 12.3 Å². The third kappa shape index (κ3) is 3.98. The van der Waals surface area contributed by atoms with E-state index in [1.165, 1.54) is 0 Å². The molecule has 0 saturated carbocycles. The van der Waals surface area contributed by atoms with Crippen LogP contribution in [0.3, 0.4) is 0 Å². The minimum absolute atomic E-state index is 0.337. The highest BCUT2D eigenvalue weighted by molar-refractivity contribution is 7.98. The Balaban J connectivity index is 1.35. The van der Waals surface area contributed by atoms with E-state index < -0.39 is 0 Å². The van der Waals surface area contributed by atoms with Crippen molar-refractivity contribution in [3.05, 3.63) is 71.7 Å². The number of para-hydroxylation sites is 2. The van der Waals surface area contributed by atoms with Gasteiger partial charge in [-0.2, -0.15) is 0 Å². The lowest BCUT2D eigenvalue weighted by Crippen LogP contribution is -2.25. The van der Waals surface area contributed by atoms with E-state index in [2.05, 4.69) is 21.8 Å². The van der Waals surface area contributed by atoms with E-state index in [4.69, 9.17) is 13.9 Å². The summed E-state index contributed by atoms with van der Waals surface area (Å²) in [6.07, 6.45) is 1.49. The van der Waals surface area contributed by atoms with Crippen LogP contribution in [0.4, 0.5) is 0 Å². The molecule has 4 heterocycles. The van der Waals surface area contributed by atoms with Crippen LogP contribution in [-0.4, -0.2) is 26.4 Å². The molecule has 1 atom stereocenters. The third-order valence-corrected chi connectivity index (χ3v) is 6.65. The molecule has 0 saturated heterocycles. The summed E-state index contributed by atoms with van der Waals surface area (Å²) in [5, 5.41) is 11.6. The van der Waals surface area contributed by atoms with E-state index in [1.807, 2.05) is 59.3 Å². The standard InChI is InChI=1S/C22H20N4O3S2/c1-3-10-26-20(18-12-27-16-7-4-5-8-17(16)29-18)24-25-22(26)31-13-15-14(2)28-21(23-15)19-9-6-11-30-19/h3-9,11,18H,1,10,12-13H2,2H3. The number of ether oxygens (including phenoxy) is 2. The lowest BCUT2D eigenvalue weighted by molar-refractivity contribution is 0.0821. The van der Waals surface area contributed by atoms with Crippen molar-refractivity contribution in [3.8, 4) is 22.3 Å². The second kappa shape index (κ2) is 8.60. The van der Waals surface area contributed by atoms with Gasteiger partial charge in [0.2, 0.25) is 5.89 Å². The van der Waals surface area contributed by atoms with Gasteiger partial charge in [-0.25, -0.2) is 4.98 Å². The molecule has 0 bridgehead atoms. The number of hydrogen-bond donors (Lipinski definition) is 0. The summed E-state index contributed by atoms with van der Waals surface area (Å²) in [4.78, 5) is 5.68. The lowest BCUT2D eigenvalue weighted by atomic mass is 10.2. The predicted molar refractivity (Wildman–Crippen MR) is 120 cm³/mol. The summed E-state index contributed by atoms with van der Waals surface area (Å²) in [6.45, 7) is 6.77. The summed E-state index contributed by atoms with van der Waals surface area (Å²) in [5.41, 5.74) is 0.897. The van der Waals surface area contributed by atoms with E-state index >= 15 is 0 Å². The molecule has 0 amide bonds. The summed E-state index contributed by atoms with van der Waals surface area (Å²) in [7, 11) is 0. The number of oxazole rings is 1. The van der Waals surface area contributed by atoms with Crippen LogP contribution in [0.5, 0.6) is 11.5 Å². The maximum Gasteiger partial charge on any atom is 0.236 e. The number of rotatable bonds is 7. The Labute approximate surface area is 187 Å². The number of nitrogens with zero attached hydrogens (tertiary/aromatic N) is 4. The summed E-state index contributed by atoms with van der Waals surface area (Å²) in [5.74, 6) is 4.26. The Morgan fingerprint density at radius 1 is 1.23 bits per heavy atom. The van der Waals surface area contributed by atoms with Crippen LogP contribution < -0.4 is 9.47 Å². The topological polar surface area (TPSA) is 75.2 Å². The van der Waals surface area contributed by atoms with Crippen molar-refractivity contribution in [1.82, 2.24) is 19.7 Å². The van der Waals surface area contributed by atoms with E-state index in [0.717, 1.165) is 27.2 Å². The number of fused-ring (bicyclic) bond motifs is 1. The molecular formula is C22H20N4O3S2. The molecule has 0 radical (unpaired) electrons.